The Labute approximate surface area is 123 Å². The standard InChI is InChI=1S/C15H19N5O/c1-20-14(7-13(19-20)12-3-2-4-12)18-15(21)6-5-11-8-16-10-17-9-11/h7-10,12H,2-6H2,1H3,(H,18,21). The Morgan fingerprint density at radius 2 is 2.14 bits per heavy atom. The maximum absolute atomic E-state index is 12.0. The van der Waals surface area contributed by atoms with Crippen LogP contribution < -0.4 is 5.32 Å². The van der Waals surface area contributed by atoms with Crippen LogP contribution in [0.5, 0.6) is 0 Å². The van der Waals surface area contributed by atoms with Gasteiger partial charge in [0.2, 0.25) is 5.91 Å². The van der Waals surface area contributed by atoms with Crippen LogP contribution >= 0.6 is 0 Å². The van der Waals surface area contributed by atoms with E-state index in [-0.39, 0.29) is 5.91 Å². The molecule has 1 aliphatic rings. The molecule has 1 aliphatic carbocycles. The Hall–Kier alpha value is -2.24. The molecule has 2 aromatic rings. The molecule has 6 nitrogen and oxygen atoms in total. The first-order chi connectivity index (χ1) is 10.2. The van der Waals surface area contributed by atoms with Gasteiger partial charge in [0.1, 0.15) is 12.1 Å². The number of anilines is 1. The number of hydrogen-bond donors (Lipinski definition) is 1. The molecule has 110 valence electrons. The largest absolute Gasteiger partial charge is 0.311 e. The molecule has 0 aliphatic heterocycles. The quantitative estimate of drug-likeness (QED) is 0.912. The second-order valence-corrected chi connectivity index (χ2v) is 5.50. The zero-order valence-corrected chi connectivity index (χ0v) is 12.1. The number of rotatable bonds is 5. The van der Waals surface area contributed by atoms with Crippen LogP contribution in [0.3, 0.4) is 0 Å². The smallest absolute Gasteiger partial charge is 0.225 e. The van der Waals surface area contributed by atoms with E-state index in [1.807, 2.05) is 13.1 Å². The number of nitrogens with one attached hydrogen (secondary N) is 1. The van der Waals surface area contributed by atoms with Crippen molar-refractivity contribution in [2.45, 2.75) is 38.0 Å². The van der Waals surface area contributed by atoms with Crippen molar-refractivity contribution in [3.63, 3.8) is 0 Å². The lowest BCUT2D eigenvalue weighted by Crippen LogP contribution is -2.14. The van der Waals surface area contributed by atoms with Crippen molar-refractivity contribution >= 4 is 11.7 Å². The molecule has 3 rings (SSSR count). The highest BCUT2D eigenvalue weighted by molar-refractivity contribution is 5.90. The van der Waals surface area contributed by atoms with E-state index in [9.17, 15) is 4.79 Å². The molecule has 0 spiro atoms. The van der Waals surface area contributed by atoms with Crippen LogP contribution in [-0.2, 0) is 18.3 Å². The van der Waals surface area contributed by atoms with Crippen LogP contribution in [0, 0.1) is 0 Å². The van der Waals surface area contributed by atoms with Gasteiger partial charge in [-0.1, -0.05) is 6.42 Å². The molecule has 0 unspecified atom stereocenters. The summed E-state index contributed by atoms with van der Waals surface area (Å²) in [5.74, 6) is 1.33. The van der Waals surface area contributed by atoms with Crippen molar-refractivity contribution in [3.05, 3.63) is 36.0 Å². The number of carbonyl (C=O) groups excluding carboxylic acids is 1. The summed E-state index contributed by atoms with van der Waals surface area (Å²) in [4.78, 5) is 19.9. The first-order valence-corrected chi connectivity index (χ1v) is 7.30. The van der Waals surface area contributed by atoms with E-state index in [0.29, 0.717) is 18.8 Å². The normalized spacial score (nSPS) is 14.7. The van der Waals surface area contributed by atoms with E-state index in [4.69, 9.17) is 0 Å². The zero-order valence-electron chi connectivity index (χ0n) is 12.1. The van der Waals surface area contributed by atoms with E-state index in [1.54, 1.807) is 17.1 Å². The highest BCUT2D eigenvalue weighted by Gasteiger charge is 2.23. The molecule has 1 fully saturated rings. The third kappa shape index (κ3) is 3.26. The van der Waals surface area contributed by atoms with Gasteiger partial charge in [-0.05, 0) is 24.8 Å². The molecule has 0 bridgehead atoms. The minimum atomic E-state index is -0.0120. The summed E-state index contributed by atoms with van der Waals surface area (Å²) in [5, 5.41) is 7.41. The van der Waals surface area contributed by atoms with Gasteiger partial charge < -0.3 is 5.32 Å². The molecule has 2 aromatic heterocycles. The molecule has 6 heteroatoms. The second kappa shape index (κ2) is 6.03. The fraction of sp³-hybridized carbons (Fsp3) is 0.467. The summed E-state index contributed by atoms with van der Waals surface area (Å²) in [6.07, 6.45) is 9.70. The third-order valence-corrected chi connectivity index (χ3v) is 3.94. The Kier molecular flexibility index (Phi) is 3.94. The van der Waals surface area contributed by atoms with Crippen LogP contribution in [0.1, 0.15) is 42.9 Å². The average Bonchev–Trinajstić information content (AvgIpc) is 2.76. The van der Waals surface area contributed by atoms with Gasteiger partial charge in [-0.3, -0.25) is 9.48 Å². The lowest BCUT2D eigenvalue weighted by Gasteiger charge is -2.22. The fourth-order valence-corrected chi connectivity index (χ4v) is 2.43. The van der Waals surface area contributed by atoms with Crippen LogP contribution in [0.2, 0.25) is 0 Å². The predicted molar refractivity (Wildman–Crippen MR) is 78.8 cm³/mol. The number of carbonyl (C=O) groups is 1. The van der Waals surface area contributed by atoms with Crippen molar-refractivity contribution in [2.24, 2.45) is 7.05 Å². The first-order valence-electron chi connectivity index (χ1n) is 7.30. The highest BCUT2D eigenvalue weighted by atomic mass is 16.1. The Morgan fingerprint density at radius 1 is 1.38 bits per heavy atom. The number of nitrogens with zero attached hydrogens (tertiary/aromatic N) is 4. The van der Waals surface area contributed by atoms with E-state index < -0.39 is 0 Å². The molecule has 0 aromatic carbocycles. The molecule has 0 saturated heterocycles. The third-order valence-electron chi connectivity index (χ3n) is 3.94. The summed E-state index contributed by atoms with van der Waals surface area (Å²) in [7, 11) is 1.86. The number of amides is 1. The lowest BCUT2D eigenvalue weighted by atomic mass is 9.83. The number of hydrogen-bond acceptors (Lipinski definition) is 4. The van der Waals surface area contributed by atoms with E-state index in [1.165, 1.54) is 25.6 Å². The van der Waals surface area contributed by atoms with Gasteiger partial charge in [-0.15, -0.1) is 0 Å². The maximum Gasteiger partial charge on any atom is 0.225 e. The van der Waals surface area contributed by atoms with Gasteiger partial charge in [-0.2, -0.15) is 5.10 Å². The SMILES string of the molecule is Cn1nc(C2CCC2)cc1NC(=O)CCc1cncnc1. The minimum Gasteiger partial charge on any atom is -0.311 e. The molecule has 21 heavy (non-hydrogen) atoms. The van der Waals surface area contributed by atoms with E-state index >= 15 is 0 Å². The molecule has 2 heterocycles. The summed E-state index contributed by atoms with van der Waals surface area (Å²) >= 11 is 0. The summed E-state index contributed by atoms with van der Waals surface area (Å²) in [5.41, 5.74) is 2.06. The fourth-order valence-electron chi connectivity index (χ4n) is 2.43. The van der Waals surface area contributed by atoms with Crippen molar-refractivity contribution in [3.8, 4) is 0 Å². The van der Waals surface area contributed by atoms with Gasteiger partial charge in [-0.25, -0.2) is 9.97 Å². The summed E-state index contributed by atoms with van der Waals surface area (Å²) in [6, 6.07) is 1.99. The highest BCUT2D eigenvalue weighted by Crippen LogP contribution is 2.36. The van der Waals surface area contributed by atoms with Crippen LogP contribution in [0.15, 0.2) is 24.8 Å². The molecule has 1 saturated carbocycles. The van der Waals surface area contributed by atoms with Crippen molar-refractivity contribution in [2.75, 3.05) is 5.32 Å². The number of aryl methyl sites for hydroxylation is 2. The maximum atomic E-state index is 12.0. The van der Waals surface area contributed by atoms with E-state index in [0.717, 1.165) is 17.1 Å². The summed E-state index contributed by atoms with van der Waals surface area (Å²) in [6.45, 7) is 0. The Balaban J connectivity index is 1.56. The molecule has 1 amide bonds. The van der Waals surface area contributed by atoms with Crippen molar-refractivity contribution in [1.82, 2.24) is 19.7 Å². The van der Waals surface area contributed by atoms with Gasteiger partial charge in [0.15, 0.2) is 0 Å². The van der Waals surface area contributed by atoms with Crippen molar-refractivity contribution < 1.29 is 4.79 Å². The summed E-state index contributed by atoms with van der Waals surface area (Å²) < 4.78 is 1.75. The number of aromatic nitrogens is 4. The Bertz CT molecular complexity index is 618. The zero-order chi connectivity index (χ0) is 14.7. The van der Waals surface area contributed by atoms with Gasteiger partial charge in [0, 0.05) is 37.8 Å². The van der Waals surface area contributed by atoms with Gasteiger partial charge in [0.05, 0.1) is 5.69 Å². The molecule has 0 atom stereocenters. The molecule has 1 N–H and O–H groups in total. The lowest BCUT2D eigenvalue weighted by molar-refractivity contribution is -0.116. The second-order valence-electron chi connectivity index (χ2n) is 5.50. The van der Waals surface area contributed by atoms with Crippen LogP contribution in [-0.4, -0.2) is 25.7 Å². The molecular weight excluding hydrogens is 266 g/mol. The van der Waals surface area contributed by atoms with E-state index in [2.05, 4.69) is 20.4 Å². The molecular formula is C15H19N5O. The van der Waals surface area contributed by atoms with Crippen LogP contribution in [0.25, 0.3) is 0 Å². The topological polar surface area (TPSA) is 72.7 Å². The first kappa shape index (κ1) is 13.7. The Morgan fingerprint density at radius 3 is 2.81 bits per heavy atom. The van der Waals surface area contributed by atoms with Gasteiger partial charge >= 0.3 is 0 Å². The van der Waals surface area contributed by atoms with Gasteiger partial charge in [0.25, 0.3) is 0 Å². The monoisotopic (exact) mass is 285 g/mol. The van der Waals surface area contributed by atoms with Crippen molar-refractivity contribution in [1.29, 1.82) is 0 Å². The minimum absolute atomic E-state index is 0.0120. The van der Waals surface area contributed by atoms with Crippen LogP contribution in [0.4, 0.5) is 5.82 Å². The molecule has 0 radical (unpaired) electrons. The average molecular weight is 285 g/mol. The predicted octanol–water partition coefficient (Wildman–Crippen LogP) is 2.05.